The van der Waals surface area contributed by atoms with Crippen molar-refractivity contribution >= 4 is 29.5 Å². The van der Waals surface area contributed by atoms with Crippen LogP contribution >= 0.6 is 0 Å². The molecule has 3 N–H and O–H groups in total. The number of hydrogen-bond acceptors (Lipinski definition) is 5. The van der Waals surface area contributed by atoms with Gasteiger partial charge in [0.2, 0.25) is 0 Å². The summed E-state index contributed by atoms with van der Waals surface area (Å²) < 4.78 is 12.1. The quantitative estimate of drug-likeness (QED) is 0.279. The minimum Gasteiger partial charge on any atom is -0.414 e. The van der Waals surface area contributed by atoms with E-state index in [9.17, 15) is 14.0 Å². The topological polar surface area (TPSA) is 100 Å². The van der Waals surface area contributed by atoms with Gasteiger partial charge in [0.15, 0.2) is 0 Å². The number of hydroxylamine groups is 2. The maximum absolute atomic E-state index is 12.7. The molecule has 0 atom stereocenters. The molecule has 3 amide bonds. The Balaban J connectivity index is 1.44. The van der Waals surface area contributed by atoms with Crippen LogP contribution in [0.3, 0.4) is 0 Å². The minimum atomic E-state index is -0.666. The molecule has 8 nitrogen and oxygen atoms in total. The van der Waals surface area contributed by atoms with E-state index in [1.807, 2.05) is 37.1 Å². The number of unbranched alkanes of at least 4 members (excludes halogenated alkanes) is 6. The third-order valence-corrected chi connectivity index (χ3v) is 7.37. The molecule has 0 bridgehead atoms. The van der Waals surface area contributed by atoms with Gasteiger partial charge in [0.25, 0.3) is 5.91 Å². The van der Waals surface area contributed by atoms with Crippen LogP contribution in [-0.4, -0.2) is 55.2 Å². The van der Waals surface area contributed by atoms with Crippen molar-refractivity contribution in [3.8, 4) is 0 Å². The smallest absolute Gasteiger partial charge is 0.318 e. The van der Waals surface area contributed by atoms with Crippen LogP contribution in [0.25, 0.3) is 6.08 Å². The molecule has 3 rings (SSSR count). The Hall–Kier alpha value is -2.94. The van der Waals surface area contributed by atoms with Gasteiger partial charge < -0.3 is 15.9 Å². The van der Waals surface area contributed by atoms with Gasteiger partial charge in [-0.05, 0) is 74.4 Å². The number of nitrogens with one attached hydrogen (secondary N) is 1. The van der Waals surface area contributed by atoms with E-state index in [1.165, 1.54) is 4.90 Å². The van der Waals surface area contributed by atoms with Gasteiger partial charge in [0.05, 0.1) is 6.67 Å². The number of alkyl halides is 1. The summed E-state index contributed by atoms with van der Waals surface area (Å²) in [5.41, 5.74) is 8.53. The lowest BCUT2D eigenvalue weighted by Crippen LogP contribution is -2.48. The second kappa shape index (κ2) is 13.6. The largest absolute Gasteiger partial charge is 0.414 e. The fourth-order valence-corrected chi connectivity index (χ4v) is 4.99. The van der Waals surface area contributed by atoms with Crippen LogP contribution in [0.1, 0.15) is 80.9 Å². The van der Waals surface area contributed by atoms with E-state index in [-0.39, 0.29) is 12.6 Å². The molecule has 37 heavy (non-hydrogen) atoms. The van der Waals surface area contributed by atoms with Crippen LogP contribution in [0.2, 0.25) is 0 Å². The predicted octanol–water partition coefficient (Wildman–Crippen LogP) is 5.17. The maximum atomic E-state index is 12.7. The third kappa shape index (κ3) is 7.77. The zero-order valence-electron chi connectivity index (χ0n) is 22.5. The number of aryl methyl sites for hydroxylation is 2. The number of aliphatic imine (C=N–C) groups is 1. The SMILES string of the molecule is Cc1cc(N(C)C(N)=O)cc(C)c1/C=C/ON1CCC2(CC1)N=C(CCCCCCCCCF)NC2=O. The number of nitrogens with zero attached hydrogens (tertiary/aromatic N) is 3. The van der Waals surface area contributed by atoms with Gasteiger partial charge in [0.1, 0.15) is 17.6 Å². The number of rotatable bonds is 13. The highest BCUT2D eigenvalue weighted by Crippen LogP contribution is 2.31. The molecule has 2 aliphatic rings. The molecule has 0 aromatic heterocycles. The zero-order valence-corrected chi connectivity index (χ0v) is 22.5. The van der Waals surface area contributed by atoms with Crippen molar-refractivity contribution in [1.82, 2.24) is 10.4 Å². The van der Waals surface area contributed by atoms with Crippen LogP contribution < -0.4 is 16.0 Å². The Kier molecular flexibility index (Phi) is 10.5. The van der Waals surface area contributed by atoms with Gasteiger partial charge in [0, 0.05) is 32.2 Å². The number of nitrogens with two attached hydrogens (primary N) is 1. The molecule has 1 aromatic rings. The number of hydrogen-bond donors (Lipinski definition) is 2. The third-order valence-electron chi connectivity index (χ3n) is 7.37. The molecule has 204 valence electrons. The van der Waals surface area contributed by atoms with Crippen LogP contribution in [-0.2, 0) is 9.63 Å². The minimum absolute atomic E-state index is 0.0104. The average Bonchev–Trinajstić information content (AvgIpc) is 3.17. The summed E-state index contributed by atoms with van der Waals surface area (Å²) in [7, 11) is 1.65. The predicted molar refractivity (Wildman–Crippen MR) is 146 cm³/mol. The highest BCUT2D eigenvalue weighted by Gasteiger charge is 2.45. The van der Waals surface area contributed by atoms with E-state index >= 15 is 0 Å². The summed E-state index contributed by atoms with van der Waals surface area (Å²) >= 11 is 0. The summed E-state index contributed by atoms with van der Waals surface area (Å²) in [6.07, 6.45) is 12.8. The van der Waals surface area contributed by atoms with Crippen molar-refractivity contribution in [2.45, 2.75) is 83.6 Å². The van der Waals surface area contributed by atoms with Gasteiger partial charge in [-0.3, -0.25) is 19.1 Å². The Morgan fingerprint density at radius 1 is 1.14 bits per heavy atom. The molecule has 0 saturated carbocycles. The second-order valence-electron chi connectivity index (χ2n) is 10.2. The summed E-state index contributed by atoms with van der Waals surface area (Å²) in [5.74, 6) is 0.823. The van der Waals surface area contributed by atoms with Crippen LogP contribution in [0.4, 0.5) is 14.9 Å². The van der Waals surface area contributed by atoms with Crippen LogP contribution in [0.5, 0.6) is 0 Å². The standard InChI is InChI=1S/C28H42FN5O3/c1-21-19-23(33(3)27(30)36)20-22(2)24(21)12-18-37-34-16-13-28(14-17-34)26(35)31-25(32-28)11-9-7-5-4-6-8-10-15-29/h12,18-20H,4-11,13-17H2,1-3H3,(H2,30,36)(H,31,32,35)/b18-12+. The molecule has 9 heteroatoms. The fourth-order valence-electron chi connectivity index (χ4n) is 4.99. The molecule has 0 aliphatic carbocycles. The van der Waals surface area contributed by atoms with Gasteiger partial charge >= 0.3 is 6.03 Å². The number of anilines is 1. The summed E-state index contributed by atoms with van der Waals surface area (Å²) in [6.45, 7) is 4.99. The lowest BCUT2D eigenvalue weighted by atomic mass is 9.89. The van der Waals surface area contributed by atoms with Crippen molar-refractivity contribution in [3.05, 3.63) is 35.1 Å². The summed E-state index contributed by atoms with van der Waals surface area (Å²) in [6, 6.07) is 3.34. The van der Waals surface area contributed by atoms with Crippen molar-refractivity contribution in [1.29, 1.82) is 0 Å². The Labute approximate surface area is 220 Å². The molecular weight excluding hydrogens is 473 g/mol. The van der Waals surface area contributed by atoms with Crippen molar-refractivity contribution in [2.75, 3.05) is 31.7 Å². The van der Waals surface area contributed by atoms with Crippen LogP contribution in [0, 0.1) is 13.8 Å². The van der Waals surface area contributed by atoms with Gasteiger partial charge in [-0.25, -0.2) is 4.79 Å². The number of primary amides is 1. The van der Waals surface area contributed by atoms with E-state index in [0.29, 0.717) is 32.4 Å². The number of amidine groups is 1. The first-order valence-corrected chi connectivity index (χ1v) is 13.4. The number of urea groups is 1. The molecule has 1 aromatic carbocycles. The first-order chi connectivity index (χ1) is 17.8. The lowest BCUT2D eigenvalue weighted by Gasteiger charge is -2.33. The average molecular weight is 516 g/mol. The van der Waals surface area contributed by atoms with Crippen molar-refractivity contribution < 1.29 is 18.8 Å². The highest BCUT2D eigenvalue weighted by atomic mass is 19.1. The molecule has 2 heterocycles. The van der Waals surface area contributed by atoms with Crippen molar-refractivity contribution in [3.63, 3.8) is 0 Å². The van der Waals surface area contributed by atoms with E-state index in [2.05, 4.69) is 5.32 Å². The maximum Gasteiger partial charge on any atom is 0.318 e. The highest BCUT2D eigenvalue weighted by molar-refractivity contribution is 6.08. The number of benzene rings is 1. The van der Waals surface area contributed by atoms with E-state index < -0.39 is 11.6 Å². The van der Waals surface area contributed by atoms with E-state index in [4.69, 9.17) is 15.6 Å². The monoisotopic (exact) mass is 515 g/mol. The molecule has 1 fully saturated rings. The molecule has 0 unspecified atom stereocenters. The number of amides is 3. The molecule has 0 radical (unpaired) electrons. The fraction of sp³-hybridized carbons (Fsp3) is 0.607. The molecule has 1 spiro atoms. The molecule has 2 aliphatic heterocycles. The molecule has 1 saturated heterocycles. The van der Waals surface area contributed by atoms with Crippen LogP contribution in [0.15, 0.2) is 23.4 Å². The Bertz CT molecular complexity index is 979. The number of carbonyl (C=O) groups is 2. The van der Waals surface area contributed by atoms with Gasteiger partial charge in [-0.2, -0.15) is 0 Å². The number of halogens is 1. The van der Waals surface area contributed by atoms with Gasteiger partial charge in [-0.15, -0.1) is 5.06 Å². The zero-order chi connectivity index (χ0) is 26.8. The first kappa shape index (κ1) is 28.6. The Morgan fingerprint density at radius 3 is 2.32 bits per heavy atom. The van der Waals surface area contributed by atoms with Crippen molar-refractivity contribution in [2.24, 2.45) is 10.7 Å². The summed E-state index contributed by atoms with van der Waals surface area (Å²) in [4.78, 5) is 36.3. The van der Waals surface area contributed by atoms with E-state index in [1.54, 1.807) is 13.3 Å². The van der Waals surface area contributed by atoms with Gasteiger partial charge in [-0.1, -0.05) is 32.1 Å². The number of carbonyl (C=O) groups excluding carboxylic acids is 2. The summed E-state index contributed by atoms with van der Waals surface area (Å²) in [5, 5.41) is 4.87. The first-order valence-electron chi connectivity index (χ1n) is 13.4. The lowest BCUT2D eigenvalue weighted by molar-refractivity contribution is -0.139. The number of piperidine rings is 1. The normalized spacial score (nSPS) is 17.3. The second-order valence-corrected chi connectivity index (χ2v) is 10.2. The Morgan fingerprint density at radius 2 is 1.73 bits per heavy atom. The van der Waals surface area contributed by atoms with E-state index in [0.717, 1.165) is 73.2 Å². The molecular formula is C28H42FN5O3.